The van der Waals surface area contributed by atoms with Crippen LogP contribution in [0.4, 0.5) is 0 Å². The third kappa shape index (κ3) is 1.20. The van der Waals surface area contributed by atoms with Crippen molar-refractivity contribution in [3.8, 4) is 0 Å². The van der Waals surface area contributed by atoms with Crippen LogP contribution in [-0.4, -0.2) is 6.04 Å². The molecule has 1 heteroatoms. The highest BCUT2D eigenvalue weighted by molar-refractivity contribution is 5.71. The predicted molar refractivity (Wildman–Crippen MR) is 70.3 cm³/mol. The summed E-state index contributed by atoms with van der Waals surface area (Å²) in [6.07, 6.45) is 15.8. The largest absolute Gasteiger partial charge is 0.377 e. The first-order valence-electron chi connectivity index (χ1n) is 6.29. The molecule has 17 heavy (non-hydrogen) atoms. The molecular formula is C16H15N. The molecule has 0 saturated carbocycles. The van der Waals surface area contributed by atoms with Crippen molar-refractivity contribution < 1.29 is 0 Å². The maximum atomic E-state index is 3.68. The van der Waals surface area contributed by atoms with E-state index in [9.17, 15) is 0 Å². The molecule has 0 spiro atoms. The lowest BCUT2D eigenvalue weighted by Crippen LogP contribution is -2.25. The summed E-state index contributed by atoms with van der Waals surface area (Å²) in [5, 5.41) is 3.68. The van der Waals surface area contributed by atoms with Crippen molar-refractivity contribution in [1.29, 1.82) is 0 Å². The summed E-state index contributed by atoms with van der Waals surface area (Å²) in [5.74, 6) is 0. The zero-order valence-corrected chi connectivity index (χ0v) is 9.96. The van der Waals surface area contributed by atoms with E-state index in [1.54, 1.807) is 0 Å². The molecule has 0 fully saturated rings. The second-order valence-electron chi connectivity index (χ2n) is 5.21. The van der Waals surface area contributed by atoms with Crippen molar-refractivity contribution >= 4 is 0 Å². The van der Waals surface area contributed by atoms with Gasteiger partial charge in [-0.05, 0) is 37.0 Å². The van der Waals surface area contributed by atoms with Crippen LogP contribution in [-0.2, 0) is 0 Å². The molecule has 1 heterocycles. The molecular weight excluding hydrogens is 206 g/mol. The van der Waals surface area contributed by atoms with Crippen LogP contribution in [0.25, 0.3) is 0 Å². The Kier molecular flexibility index (Phi) is 1.71. The SMILES string of the molecule is CC1=CC=C2C(=CC3=C2NC2CC=CC=C32)C1. The topological polar surface area (TPSA) is 12.0 Å². The third-order valence-electron chi connectivity index (χ3n) is 4.00. The molecule has 1 nitrogen and oxygen atoms in total. The van der Waals surface area contributed by atoms with Gasteiger partial charge in [0.25, 0.3) is 0 Å². The quantitative estimate of drug-likeness (QED) is 0.661. The smallest absolute Gasteiger partial charge is 0.0555 e. The van der Waals surface area contributed by atoms with Crippen LogP contribution in [0.3, 0.4) is 0 Å². The maximum Gasteiger partial charge on any atom is 0.0555 e. The van der Waals surface area contributed by atoms with E-state index in [4.69, 9.17) is 0 Å². The van der Waals surface area contributed by atoms with Gasteiger partial charge in [-0.1, -0.05) is 36.0 Å². The van der Waals surface area contributed by atoms with Crippen molar-refractivity contribution in [3.63, 3.8) is 0 Å². The van der Waals surface area contributed by atoms with Crippen LogP contribution in [0.1, 0.15) is 19.8 Å². The minimum Gasteiger partial charge on any atom is -0.377 e. The van der Waals surface area contributed by atoms with Gasteiger partial charge in [0, 0.05) is 16.8 Å². The lowest BCUT2D eigenvalue weighted by Gasteiger charge is -2.20. The zero-order valence-electron chi connectivity index (χ0n) is 9.96. The summed E-state index contributed by atoms with van der Waals surface area (Å²) in [7, 11) is 0. The Morgan fingerprint density at radius 3 is 3.12 bits per heavy atom. The molecule has 3 aliphatic carbocycles. The van der Waals surface area contributed by atoms with Crippen molar-refractivity contribution in [2.24, 2.45) is 0 Å². The third-order valence-corrected chi connectivity index (χ3v) is 4.00. The highest BCUT2D eigenvalue weighted by Crippen LogP contribution is 2.44. The Bertz CT molecular complexity index is 591. The molecule has 1 atom stereocenters. The van der Waals surface area contributed by atoms with Crippen molar-refractivity contribution in [2.45, 2.75) is 25.8 Å². The number of hydrogen-bond donors (Lipinski definition) is 1. The van der Waals surface area contributed by atoms with E-state index < -0.39 is 0 Å². The molecule has 0 bridgehead atoms. The van der Waals surface area contributed by atoms with E-state index in [0.29, 0.717) is 6.04 Å². The number of allylic oxidation sites excluding steroid dienone is 7. The first-order valence-corrected chi connectivity index (χ1v) is 6.29. The van der Waals surface area contributed by atoms with Crippen LogP contribution in [0.2, 0.25) is 0 Å². The summed E-state index contributed by atoms with van der Waals surface area (Å²) < 4.78 is 0. The Balaban J connectivity index is 1.83. The molecule has 0 aromatic rings. The highest BCUT2D eigenvalue weighted by Gasteiger charge is 2.34. The molecule has 1 unspecified atom stereocenters. The van der Waals surface area contributed by atoms with Gasteiger partial charge in [-0.3, -0.25) is 0 Å². The van der Waals surface area contributed by atoms with Gasteiger partial charge in [0.1, 0.15) is 0 Å². The minimum absolute atomic E-state index is 0.510. The molecule has 0 aromatic heterocycles. The summed E-state index contributed by atoms with van der Waals surface area (Å²) in [5.41, 5.74) is 8.63. The second-order valence-corrected chi connectivity index (χ2v) is 5.21. The van der Waals surface area contributed by atoms with Crippen LogP contribution < -0.4 is 5.32 Å². The van der Waals surface area contributed by atoms with Gasteiger partial charge in [-0.25, -0.2) is 0 Å². The van der Waals surface area contributed by atoms with Crippen LogP contribution in [0.5, 0.6) is 0 Å². The molecule has 0 saturated heterocycles. The van der Waals surface area contributed by atoms with Gasteiger partial charge in [0.15, 0.2) is 0 Å². The molecule has 0 amide bonds. The average molecular weight is 221 g/mol. The summed E-state index contributed by atoms with van der Waals surface area (Å²) in [6.45, 7) is 2.20. The van der Waals surface area contributed by atoms with Crippen molar-refractivity contribution in [2.75, 3.05) is 0 Å². The number of fused-ring (bicyclic) bond motifs is 4. The number of hydrogen-bond acceptors (Lipinski definition) is 1. The fraction of sp³-hybridized carbons (Fsp3) is 0.250. The number of rotatable bonds is 0. The summed E-state index contributed by atoms with van der Waals surface area (Å²) in [6, 6.07) is 0.510. The molecule has 4 rings (SSSR count). The van der Waals surface area contributed by atoms with E-state index >= 15 is 0 Å². The first kappa shape index (κ1) is 9.29. The maximum absolute atomic E-state index is 3.68. The second kappa shape index (κ2) is 3.13. The van der Waals surface area contributed by atoms with Gasteiger partial charge in [-0.15, -0.1) is 0 Å². The van der Waals surface area contributed by atoms with Gasteiger partial charge in [0.2, 0.25) is 0 Å². The average Bonchev–Trinajstić information content (AvgIpc) is 2.84. The van der Waals surface area contributed by atoms with Gasteiger partial charge >= 0.3 is 0 Å². The molecule has 4 aliphatic rings. The molecule has 1 aliphatic heterocycles. The monoisotopic (exact) mass is 221 g/mol. The van der Waals surface area contributed by atoms with Crippen molar-refractivity contribution in [3.05, 3.63) is 70.0 Å². The van der Waals surface area contributed by atoms with Gasteiger partial charge in [-0.2, -0.15) is 0 Å². The van der Waals surface area contributed by atoms with Crippen LogP contribution in [0.15, 0.2) is 70.0 Å². The fourth-order valence-electron chi connectivity index (χ4n) is 3.15. The van der Waals surface area contributed by atoms with E-state index in [0.717, 1.165) is 12.8 Å². The Hall–Kier alpha value is -1.76. The highest BCUT2D eigenvalue weighted by atomic mass is 15.0. The Morgan fingerprint density at radius 2 is 2.18 bits per heavy atom. The molecule has 0 radical (unpaired) electrons. The van der Waals surface area contributed by atoms with E-state index in [2.05, 4.69) is 48.7 Å². The summed E-state index contributed by atoms with van der Waals surface area (Å²) in [4.78, 5) is 0. The Labute approximate surface area is 102 Å². The Morgan fingerprint density at radius 1 is 1.24 bits per heavy atom. The predicted octanol–water partition coefficient (Wildman–Crippen LogP) is 3.32. The zero-order chi connectivity index (χ0) is 11.4. The fourth-order valence-corrected chi connectivity index (χ4v) is 3.15. The van der Waals surface area contributed by atoms with E-state index in [1.165, 1.54) is 33.6 Å². The molecule has 84 valence electrons. The van der Waals surface area contributed by atoms with Crippen LogP contribution >= 0.6 is 0 Å². The van der Waals surface area contributed by atoms with Gasteiger partial charge in [0.05, 0.1) is 6.04 Å². The number of nitrogens with one attached hydrogen (secondary N) is 1. The lowest BCUT2D eigenvalue weighted by atomic mass is 9.93. The van der Waals surface area contributed by atoms with E-state index in [-0.39, 0.29) is 0 Å². The standard InChI is InChI=1S/C16H15N/c1-10-6-7-12-11(8-10)9-14-13-4-2-3-5-15(13)17-16(12)14/h2-4,6-7,9,15,17H,5,8H2,1H3. The van der Waals surface area contributed by atoms with Gasteiger partial charge < -0.3 is 5.32 Å². The minimum atomic E-state index is 0.510. The van der Waals surface area contributed by atoms with Crippen LogP contribution in [0, 0.1) is 0 Å². The molecule has 0 aromatic carbocycles. The van der Waals surface area contributed by atoms with E-state index in [1.807, 2.05) is 0 Å². The van der Waals surface area contributed by atoms with Crippen molar-refractivity contribution in [1.82, 2.24) is 5.32 Å². The first-order chi connectivity index (χ1) is 8.33. The summed E-state index contributed by atoms with van der Waals surface area (Å²) >= 11 is 0. The lowest BCUT2D eigenvalue weighted by molar-refractivity contribution is 0.687. The normalized spacial score (nSPS) is 28.6. The molecule has 1 N–H and O–H groups in total.